The normalized spacial score (nSPS) is 20.1. The Morgan fingerprint density at radius 1 is 1.46 bits per heavy atom. The van der Waals surface area contributed by atoms with Gasteiger partial charge in [-0.1, -0.05) is 26.0 Å². The second-order valence-corrected chi connectivity index (χ2v) is 7.88. The van der Waals surface area contributed by atoms with Crippen molar-refractivity contribution in [2.24, 2.45) is 17.6 Å². The second kappa shape index (κ2) is 7.60. The minimum absolute atomic E-state index is 0.127. The minimum atomic E-state index is -0.849. The van der Waals surface area contributed by atoms with E-state index >= 15 is 0 Å². The predicted octanol–water partition coefficient (Wildman–Crippen LogP) is 2.96. The summed E-state index contributed by atoms with van der Waals surface area (Å²) in [5.41, 5.74) is 10.1. The largest absolute Gasteiger partial charge is 0.468 e. The first-order valence-electron chi connectivity index (χ1n) is 8.73. The number of ether oxygens (including phenoxy) is 1. The Kier molecular flexibility index (Phi) is 5.44. The van der Waals surface area contributed by atoms with Crippen molar-refractivity contribution < 1.29 is 14.3 Å². The minimum Gasteiger partial charge on any atom is -0.468 e. The number of hydrogen-bond acceptors (Lipinski definition) is 6. The third-order valence-corrected chi connectivity index (χ3v) is 5.47. The lowest BCUT2D eigenvalue weighted by Gasteiger charge is -2.36. The molecule has 0 saturated heterocycles. The smallest absolute Gasteiger partial charge is 0.320 e. The maximum atomic E-state index is 12.5. The molecule has 6 heteroatoms. The van der Waals surface area contributed by atoms with E-state index in [0.29, 0.717) is 12.5 Å². The number of allylic oxidation sites excluding steroid dienone is 3. The Bertz CT molecular complexity index is 803. The molecule has 1 unspecified atom stereocenters. The molecule has 2 N–H and O–H groups in total. The summed E-state index contributed by atoms with van der Waals surface area (Å²) in [5.74, 6) is -1.03. The molecular formula is C20H24N2O3S. The summed E-state index contributed by atoms with van der Waals surface area (Å²) in [6, 6.07) is 4.05. The number of nitrogens with zero attached hydrogens (tertiary/aromatic N) is 1. The number of nitrogens with two attached hydrogens (primary N) is 1. The lowest BCUT2D eigenvalue weighted by atomic mass is 9.80. The number of hydrogen-bond donors (Lipinski definition) is 1. The maximum absolute atomic E-state index is 12.5. The highest BCUT2D eigenvalue weighted by Gasteiger charge is 2.36. The van der Waals surface area contributed by atoms with Crippen LogP contribution < -0.4 is 5.73 Å². The van der Waals surface area contributed by atoms with Crippen LogP contribution in [0.1, 0.15) is 25.1 Å². The van der Waals surface area contributed by atoms with E-state index in [-0.39, 0.29) is 12.2 Å². The summed E-state index contributed by atoms with van der Waals surface area (Å²) < 4.78 is 4.82. The van der Waals surface area contributed by atoms with E-state index < -0.39 is 11.9 Å². The molecule has 0 radical (unpaired) electrons. The van der Waals surface area contributed by atoms with Crippen LogP contribution in [0, 0.1) is 11.8 Å². The molecule has 1 aliphatic heterocycles. The standard InChI is InChI=1S/C20H24N2O3S/c1-12(2)10-22-11-13-7-17(23)15(20(24)25-3)8-14(13)19(16(22)9-21)18-5-4-6-26-18/h4-6,8,11-12,15H,7,9-10,21H2,1-3H3. The number of ketones is 1. The number of carbonyl (C=O) groups is 2. The quantitative estimate of drug-likeness (QED) is 0.635. The van der Waals surface area contributed by atoms with E-state index in [1.807, 2.05) is 17.6 Å². The van der Waals surface area contributed by atoms with Crippen molar-refractivity contribution in [3.8, 4) is 0 Å². The average Bonchev–Trinajstić information content (AvgIpc) is 3.13. The fourth-order valence-corrected chi connectivity index (χ4v) is 4.29. The molecule has 5 nitrogen and oxygen atoms in total. The highest BCUT2D eigenvalue weighted by molar-refractivity contribution is 7.11. The van der Waals surface area contributed by atoms with Crippen LogP contribution in [0.15, 0.2) is 46.6 Å². The van der Waals surface area contributed by atoms with Crippen LogP contribution in [-0.2, 0) is 14.3 Å². The summed E-state index contributed by atoms with van der Waals surface area (Å²) in [4.78, 5) is 27.8. The van der Waals surface area contributed by atoms with Crippen LogP contribution in [0.3, 0.4) is 0 Å². The van der Waals surface area contributed by atoms with Gasteiger partial charge in [-0.05, 0) is 28.5 Å². The molecule has 0 saturated carbocycles. The van der Waals surface area contributed by atoms with Crippen LogP contribution in [0.5, 0.6) is 0 Å². The fourth-order valence-electron chi connectivity index (χ4n) is 3.48. The molecule has 0 aromatic carbocycles. The van der Waals surface area contributed by atoms with Crippen LogP contribution in [0.2, 0.25) is 0 Å². The van der Waals surface area contributed by atoms with Crippen molar-refractivity contribution in [2.75, 3.05) is 20.2 Å². The molecule has 1 aliphatic carbocycles. The van der Waals surface area contributed by atoms with Crippen LogP contribution in [0.4, 0.5) is 0 Å². The van der Waals surface area contributed by atoms with Crippen molar-refractivity contribution in [1.29, 1.82) is 0 Å². The molecule has 26 heavy (non-hydrogen) atoms. The Hall–Kier alpha value is -2.18. The van der Waals surface area contributed by atoms with Gasteiger partial charge in [-0.25, -0.2) is 0 Å². The number of methoxy groups -OCH3 is 1. The zero-order valence-electron chi connectivity index (χ0n) is 15.3. The van der Waals surface area contributed by atoms with Gasteiger partial charge < -0.3 is 15.4 Å². The van der Waals surface area contributed by atoms with Gasteiger partial charge in [0, 0.05) is 41.9 Å². The third kappa shape index (κ3) is 3.39. The topological polar surface area (TPSA) is 72.6 Å². The van der Waals surface area contributed by atoms with E-state index in [1.54, 1.807) is 17.4 Å². The zero-order valence-corrected chi connectivity index (χ0v) is 16.1. The van der Waals surface area contributed by atoms with Gasteiger partial charge in [0.1, 0.15) is 5.92 Å². The van der Waals surface area contributed by atoms with Crippen molar-refractivity contribution >= 4 is 28.7 Å². The molecule has 0 spiro atoms. The second-order valence-electron chi connectivity index (χ2n) is 6.93. The molecule has 1 aromatic rings. The summed E-state index contributed by atoms with van der Waals surface area (Å²) in [6.07, 6.45) is 4.00. The van der Waals surface area contributed by atoms with Gasteiger partial charge in [-0.2, -0.15) is 0 Å². The van der Waals surface area contributed by atoms with Gasteiger partial charge >= 0.3 is 5.97 Å². The van der Waals surface area contributed by atoms with E-state index in [1.165, 1.54) is 7.11 Å². The summed E-state index contributed by atoms with van der Waals surface area (Å²) in [6.45, 7) is 5.52. The van der Waals surface area contributed by atoms with Gasteiger partial charge in [-0.3, -0.25) is 9.59 Å². The van der Waals surface area contributed by atoms with Crippen molar-refractivity contribution in [3.05, 3.63) is 51.5 Å². The average molecular weight is 372 g/mol. The third-order valence-electron chi connectivity index (χ3n) is 4.59. The van der Waals surface area contributed by atoms with E-state index in [9.17, 15) is 9.59 Å². The molecule has 138 valence electrons. The SMILES string of the molecule is COC(=O)C1C=C2C(=CN(CC(C)C)C(CN)=C2c2cccs2)CC1=O. The summed E-state index contributed by atoms with van der Waals surface area (Å²) in [5, 5.41) is 2.02. The highest BCUT2D eigenvalue weighted by atomic mass is 32.1. The van der Waals surface area contributed by atoms with E-state index in [2.05, 4.69) is 24.8 Å². The predicted molar refractivity (Wildman–Crippen MR) is 103 cm³/mol. The molecule has 2 aliphatic rings. The number of thiophene rings is 1. The summed E-state index contributed by atoms with van der Waals surface area (Å²) >= 11 is 1.63. The number of esters is 1. The molecular weight excluding hydrogens is 348 g/mol. The molecule has 1 aromatic heterocycles. The Balaban J connectivity index is 2.17. The monoisotopic (exact) mass is 372 g/mol. The van der Waals surface area contributed by atoms with Gasteiger partial charge in [0.15, 0.2) is 5.78 Å². The van der Waals surface area contributed by atoms with E-state index in [0.717, 1.165) is 33.8 Å². The lowest BCUT2D eigenvalue weighted by Crippen LogP contribution is -2.34. The number of fused-ring (bicyclic) bond motifs is 1. The first-order chi connectivity index (χ1) is 12.5. The highest BCUT2D eigenvalue weighted by Crippen LogP contribution is 2.43. The van der Waals surface area contributed by atoms with Gasteiger partial charge in [0.2, 0.25) is 0 Å². The fraction of sp³-hybridized carbons (Fsp3) is 0.400. The van der Waals surface area contributed by atoms with Crippen molar-refractivity contribution in [1.82, 2.24) is 4.90 Å². The molecule has 0 bridgehead atoms. The van der Waals surface area contributed by atoms with Crippen LogP contribution >= 0.6 is 11.3 Å². The van der Waals surface area contributed by atoms with Gasteiger partial charge in [0.25, 0.3) is 0 Å². The molecule has 1 atom stereocenters. The molecule has 0 fully saturated rings. The van der Waals surface area contributed by atoms with Crippen LogP contribution in [0.25, 0.3) is 5.57 Å². The van der Waals surface area contributed by atoms with Crippen LogP contribution in [-0.4, -0.2) is 36.9 Å². The van der Waals surface area contributed by atoms with Gasteiger partial charge in [0.05, 0.1) is 7.11 Å². The Labute approximate surface area is 157 Å². The maximum Gasteiger partial charge on any atom is 0.320 e. The first kappa shape index (κ1) is 18.6. The Morgan fingerprint density at radius 2 is 2.23 bits per heavy atom. The lowest BCUT2D eigenvalue weighted by molar-refractivity contribution is -0.147. The number of Topliss-reactive ketones (excluding diaryl/α,β-unsaturated/α-hetero) is 1. The molecule has 2 heterocycles. The summed E-state index contributed by atoms with van der Waals surface area (Å²) in [7, 11) is 1.31. The van der Waals surface area contributed by atoms with Crippen molar-refractivity contribution in [2.45, 2.75) is 20.3 Å². The molecule has 3 rings (SSSR count). The molecule has 0 amide bonds. The Morgan fingerprint density at radius 3 is 2.81 bits per heavy atom. The number of rotatable bonds is 5. The number of carbonyl (C=O) groups excluding carboxylic acids is 2. The van der Waals surface area contributed by atoms with E-state index in [4.69, 9.17) is 10.5 Å². The van der Waals surface area contributed by atoms with Gasteiger partial charge in [-0.15, -0.1) is 11.3 Å². The zero-order chi connectivity index (χ0) is 18.8. The van der Waals surface area contributed by atoms with Crippen molar-refractivity contribution in [3.63, 3.8) is 0 Å². The first-order valence-corrected chi connectivity index (χ1v) is 9.61.